The van der Waals surface area contributed by atoms with Gasteiger partial charge in [-0.3, -0.25) is 4.79 Å². The highest BCUT2D eigenvalue weighted by Crippen LogP contribution is 2.33. The largest absolute Gasteiger partial charge is 0.374 e. The number of carbonyl (C=O) groups excluding carboxylic acids is 1. The third-order valence-corrected chi connectivity index (χ3v) is 3.96. The first kappa shape index (κ1) is 12.7. The molecular formula is C16H21NO2. The number of amides is 1. The maximum absolute atomic E-state index is 12.1. The number of morpholine rings is 1. The van der Waals surface area contributed by atoms with Crippen LogP contribution >= 0.6 is 0 Å². The smallest absolute Gasteiger partial charge is 0.223 e. The average Bonchev–Trinajstić information content (AvgIpc) is 3.24. The van der Waals surface area contributed by atoms with Crippen LogP contribution in [0.1, 0.15) is 24.8 Å². The molecule has 1 aromatic rings. The highest BCUT2D eigenvalue weighted by Gasteiger charge is 2.29. The SMILES string of the molecule is O=C(CC1CC1)N1CCOC(Cc2ccccc2)C1. The van der Waals surface area contributed by atoms with Crippen LogP contribution in [0.25, 0.3) is 0 Å². The Morgan fingerprint density at radius 3 is 2.79 bits per heavy atom. The molecule has 0 bridgehead atoms. The van der Waals surface area contributed by atoms with E-state index < -0.39 is 0 Å². The van der Waals surface area contributed by atoms with Gasteiger partial charge in [-0.2, -0.15) is 0 Å². The van der Waals surface area contributed by atoms with Crippen LogP contribution in [0, 0.1) is 5.92 Å². The molecule has 1 amide bonds. The Bertz CT molecular complexity index is 428. The summed E-state index contributed by atoms with van der Waals surface area (Å²) in [5, 5.41) is 0. The molecule has 0 N–H and O–H groups in total. The van der Waals surface area contributed by atoms with Gasteiger partial charge in [0.1, 0.15) is 0 Å². The minimum Gasteiger partial charge on any atom is -0.374 e. The fraction of sp³-hybridized carbons (Fsp3) is 0.562. The predicted octanol–water partition coefficient (Wildman–Crippen LogP) is 2.26. The number of ether oxygens (including phenoxy) is 1. The first-order valence-electron chi connectivity index (χ1n) is 7.24. The van der Waals surface area contributed by atoms with E-state index in [2.05, 4.69) is 12.1 Å². The molecule has 0 spiro atoms. The van der Waals surface area contributed by atoms with Gasteiger partial charge in [0, 0.05) is 25.9 Å². The highest BCUT2D eigenvalue weighted by atomic mass is 16.5. The maximum atomic E-state index is 12.1. The summed E-state index contributed by atoms with van der Waals surface area (Å²) in [6, 6.07) is 10.4. The third kappa shape index (κ3) is 3.57. The van der Waals surface area contributed by atoms with Gasteiger partial charge in [0.2, 0.25) is 5.91 Å². The maximum Gasteiger partial charge on any atom is 0.223 e. The predicted molar refractivity (Wildman–Crippen MR) is 73.8 cm³/mol. The van der Waals surface area contributed by atoms with E-state index in [-0.39, 0.29) is 6.10 Å². The Kier molecular flexibility index (Phi) is 3.83. The molecule has 1 aliphatic carbocycles. The van der Waals surface area contributed by atoms with Gasteiger partial charge in [0.05, 0.1) is 12.7 Å². The van der Waals surface area contributed by atoms with Crippen LogP contribution in [-0.2, 0) is 16.0 Å². The number of carbonyl (C=O) groups is 1. The van der Waals surface area contributed by atoms with E-state index >= 15 is 0 Å². The summed E-state index contributed by atoms with van der Waals surface area (Å²) < 4.78 is 5.79. The van der Waals surface area contributed by atoms with Crippen molar-refractivity contribution < 1.29 is 9.53 Å². The van der Waals surface area contributed by atoms with E-state index in [1.54, 1.807) is 0 Å². The summed E-state index contributed by atoms with van der Waals surface area (Å²) in [7, 11) is 0. The fourth-order valence-electron chi connectivity index (χ4n) is 2.64. The van der Waals surface area contributed by atoms with Crippen molar-refractivity contribution in [3.8, 4) is 0 Å². The Labute approximate surface area is 114 Å². The van der Waals surface area contributed by atoms with Gasteiger partial charge in [-0.25, -0.2) is 0 Å². The normalized spacial score (nSPS) is 23.4. The number of rotatable bonds is 4. The van der Waals surface area contributed by atoms with Crippen molar-refractivity contribution in [2.75, 3.05) is 19.7 Å². The topological polar surface area (TPSA) is 29.5 Å². The van der Waals surface area contributed by atoms with E-state index in [1.807, 2.05) is 23.1 Å². The lowest BCUT2D eigenvalue weighted by Crippen LogP contribution is -2.46. The molecule has 0 radical (unpaired) electrons. The highest BCUT2D eigenvalue weighted by molar-refractivity contribution is 5.76. The Morgan fingerprint density at radius 2 is 2.05 bits per heavy atom. The molecule has 3 rings (SSSR count). The van der Waals surface area contributed by atoms with Crippen LogP contribution in [0.3, 0.4) is 0 Å². The number of hydrogen-bond donors (Lipinski definition) is 0. The fourth-order valence-corrected chi connectivity index (χ4v) is 2.64. The molecule has 1 unspecified atom stereocenters. The van der Waals surface area contributed by atoms with Crippen molar-refractivity contribution in [2.24, 2.45) is 5.92 Å². The zero-order valence-corrected chi connectivity index (χ0v) is 11.3. The van der Waals surface area contributed by atoms with E-state index in [0.717, 1.165) is 25.9 Å². The molecule has 1 aliphatic heterocycles. The zero-order valence-electron chi connectivity index (χ0n) is 11.3. The molecule has 3 nitrogen and oxygen atoms in total. The third-order valence-electron chi connectivity index (χ3n) is 3.96. The van der Waals surface area contributed by atoms with Gasteiger partial charge in [0.15, 0.2) is 0 Å². The molecule has 1 saturated heterocycles. The second-order valence-corrected chi connectivity index (χ2v) is 5.67. The second-order valence-electron chi connectivity index (χ2n) is 5.67. The first-order valence-corrected chi connectivity index (χ1v) is 7.24. The van der Waals surface area contributed by atoms with Crippen molar-refractivity contribution >= 4 is 5.91 Å². The van der Waals surface area contributed by atoms with E-state index in [0.29, 0.717) is 18.4 Å². The van der Waals surface area contributed by atoms with Crippen molar-refractivity contribution in [3.63, 3.8) is 0 Å². The minimum absolute atomic E-state index is 0.152. The summed E-state index contributed by atoms with van der Waals surface area (Å²) in [6.45, 7) is 2.19. The molecular weight excluding hydrogens is 238 g/mol. The van der Waals surface area contributed by atoms with Crippen LogP contribution in [0.2, 0.25) is 0 Å². The average molecular weight is 259 g/mol. The second kappa shape index (κ2) is 5.74. The van der Waals surface area contributed by atoms with E-state index in [1.165, 1.54) is 18.4 Å². The number of benzene rings is 1. The van der Waals surface area contributed by atoms with Crippen molar-refractivity contribution in [3.05, 3.63) is 35.9 Å². The molecule has 0 aromatic heterocycles. The summed E-state index contributed by atoms with van der Waals surface area (Å²) >= 11 is 0. The lowest BCUT2D eigenvalue weighted by molar-refractivity contribution is -0.139. The molecule has 2 fully saturated rings. The quantitative estimate of drug-likeness (QED) is 0.830. The molecule has 1 aromatic carbocycles. The minimum atomic E-state index is 0.152. The molecule has 3 heteroatoms. The molecule has 2 aliphatic rings. The zero-order chi connectivity index (χ0) is 13.1. The monoisotopic (exact) mass is 259 g/mol. The lowest BCUT2D eigenvalue weighted by Gasteiger charge is -2.33. The summed E-state index contributed by atoms with van der Waals surface area (Å²) in [6.07, 6.45) is 4.28. The van der Waals surface area contributed by atoms with Crippen molar-refractivity contribution in [2.45, 2.75) is 31.8 Å². The Balaban J connectivity index is 1.53. The van der Waals surface area contributed by atoms with Crippen LogP contribution in [0.5, 0.6) is 0 Å². The lowest BCUT2D eigenvalue weighted by atomic mass is 10.1. The Morgan fingerprint density at radius 1 is 1.26 bits per heavy atom. The summed E-state index contributed by atoms with van der Waals surface area (Å²) in [5.74, 6) is 0.992. The summed E-state index contributed by atoms with van der Waals surface area (Å²) in [4.78, 5) is 14.1. The van der Waals surface area contributed by atoms with Crippen molar-refractivity contribution in [1.82, 2.24) is 4.90 Å². The van der Waals surface area contributed by atoms with Gasteiger partial charge < -0.3 is 9.64 Å². The molecule has 19 heavy (non-hydrogen) atoms. The number of nitrogens with zero attached hydrogens (tertiary/aromatic N) is 1. The number of hydrogen-bond acceptors (Lipinski definition) is 2. The van der Waals surface area contributed by atoms with Crippen LogP contribution in [0.4, 0.5) is 0 Å². The van der Waals surface area contributed by atoms with Gasteiger partial charge in [-0.05, 0) is 24.3 Å². The van der Waals surface area contributed by atoms with E-state index in [9.17, 15) is 4.79 Å². The van der Waals surface area contributed by atoms with Crippen LogP contribution in [-0.4, -0.2) is 36.6 Å². The van der Waals surface area contributed by atoms with Crippen molar-refractivity contribution in [1.29, 1.82) is 0 Å². The standard InChI is InChI=1S/C16H21NO2/c18-16(11-14-6-7-14)17-8-9-19-15(12-17)10-13-4-2-1-3-5-13/h1-5,14-15H,6-12H2. The molecule has 1 atom stereocenters. The summed E-state index contributed by atoms with van der Waals surface area (Å²) in [5.41, 5.74) is 1.28. The first-order chi connectivity index (χ1) is 9.31. The van der Waals surface area contributed by atoms with Gasteiger partial charge in [-0.1, -0.05) is 30.3 Å². The van der Waals surface area contributed by atoms with Gasteiger partial charge in [-0.15, -0.1) is 0 Å². The molecule has 102 valence electrons. The Hall–Kier alpha value is -1.35. The molecule has 1 heterocycles. The van der Waals surface area contributed by atoms with Crippen LogP contribution in [0.15, 0.2) is 30.3 Å². The van der Waals surface area contributed by atoms with Gasteiger partial charge in [0.25, 0.3) is 0 Å². The van der Waals surface area contributed by atoms with Gasteiger partial charge >= 0.3 is 0 Å². The molecule has 1 saturated carbocycles. The van der Waals surface area contributed by atoms with Crippen LogP contribution < -0.4 is 0 Å². The van der Waals surface area contributed by atoms with E-state index in [4.69, 9.17) is 4.74 Å².